The number of aliphatic hydroxyl groups excluding tert-OH is 1. The van der Waals surface area contributed by atoms with Crippen molar-refractivity contribution in [2.75, 3.05) is 13.1 Å². The molecule has 1 aromatic rings. The van der Waals surface area contributed by atoms with Crippen molar-refractivity contribution in [2.45, 2.75) is 30.3 Å². The van der Waals surface area contributed by atoms with Crippen LogP contribution in [0.1, 0.15) is 18.9 Å². The van der Waals surface area contributed by atoms with E-state index in [1.54, 1.807) is 6.92 Å². The maximum Gasteiger partial charge on any atom is 0.402 e. The Balaban J connectivity index is 3.05. The lowest BCUT2D eigenvalue weighted by Gasteiger charge is -2.21. The third-order valence-electron chi connectivity index (χ3n) is 2.24. The molecule has 0 atom stereocenters. The molecule has 0 fully saturated rings. The summed E-state index contributed by atoms with van der Waals surface area (Å²) < 4.78 is 61.6. The van der Waals surface area contributed by atoms with Crippen LogP contribution in [0.4, 0.5) is 13.2 Å². The minimum atomic E-state index is -4.58. The number of rotatable bonds is 6. The number of alkyl halides is 3. The van der Waals surface area contributed by atoms with Gasteiger partial charge in [-0.25, -0.2) is 8.42 Å². The maximum atomic E-state index is 12.4. The van der Waals surface area contributed by atoms with Gasteiger partial charge in [-0.1, -0.05) is 6.92 Å². The summed E-state index contributed by atoms with van der Waals surface area (Å²) in [4.78, 5) is 0. The smallest absolute Gasteiger partial charge is 0.392 e. The molecule has 0 aliphatic heterocycles. The van der Waals surface area contributed by atoms with Crippen LogP contribution < -0.4 is 0 Å². The summed E-state index contributed by atoms with van der Waals surface area (Å²) in [5.74, 6) is 0. The molecule has 9 heteroatoms. The predicted molar refractivity (Wildman–Crippen MR) is 65.3 cm³/mol. The van der Waals surface area contributed by atoms with Crippen LogP contribution in [0.3, 0.4) is 0 Å². The monoisotopic (exact) mass is 317 g/mol. The number of aliphatic hydroxyl groups is 1. The quantitative estimate of drug-likeness (QED) is 0.875. The number of thiophene rings is 1. The molecule has 110 valence electrons. The van der Waals surface area contributed by atoms with E-state index < -0.39 is 22.7 Å². The number of nitrogens with zero attached hydrogens (tertiary/aromatic N) is 1. The predicted octanol–water partition coefficient (Wildman–Crippen LogP) is 2.20. The van der Waals surface area contributed by atoms with Crippen molar-refractivity contribution in [3.8, 4) is 0 Å². The van der Waals surface area contributed by atoms with Gasteiger partial charge in [0, 0.05) is 6.54 Å². The van der Waals surface area contributed by atoms with Gasteiger partial charge in [-0.2, -0.15) is 17.5 Å². The van der Waals surface area contributed by atoms with Crippen molar-refractivity contribution in [1.82, 2.24) is 4.31 Å². The van der Waals surface area contributed by atoms with Gasteiger partial charge < -0.3 is 5.11 Å². The molecule has 0 saturated heterocycles. The average Bonchev–Trinajstić information content (AvgIpc) is 2.75. The molecule has 0 aromatic carbocycles. The zero-order valence-corrected chi connectivity index (χ0v) is 11.8. The number of halogens is 3. The lowest BCUT2D eigenvalue weighted by atomic mass is 10.4. The Morgan fingerprint density at radius 2 is 2.05 bits per heavy atom. The van der Waals surface area contributed by atoms with Gasteiger partial charge in [0.1, 0.15) is 10.8 Å². The van der Waals surface area contributed by atoms with Crippen LogP contribution >= 0.6 is 11.3 Å². The van der Waals surface area contributed by atoms with E-state index in [2.05, 4.69) is 0 Å². The van der Waals surface area contributed by atoms with Crippen LogP contribution in [-0.4, -0.2) is 37.1 Å². The van der Waals surface area contributed by atoms with Gasteiger partial charge in [-0.15, -0.1) is 11.3 Å². The Kier molecular flexibility index (Phi) is 5.36. The summed E-state index contributed by atoms with van der Waals surface area (Å²) in [5.41, 5.74) is 0.368. The zero-order valence-electron chi connectivity index (χ0n) is 10.1. The maximum absolute atomic E-state index is 12.4. The molecule has 0 spiro atoms. The minimum Gasteiger partial charge on any atom is -0.392 e. The molecular formula is C10H14F3NO3S2. The van der Waals surface area contributed by atoms with Crippen molar-refractivity contribution < 1.29 is 26.7 Å². The van der Waals surface area contributed by atoms with Gasteiger partial charge in [0.25, 0.3) is 10.0 Å². The second-order valence-electron chi connectivity index (χ2n) is 3.89. The van der Waals surface area contributed by atoms with E-state index in [1.165, 1.54) is 11.4 Å². The summed E-state index contributed by atoms with van der Waals surface area (Å²) in [6.45, 7) is -0.449. The van der Waals surface area contributed by atoms with Crippen LogP contribution in [0.15, 0.2) is 15.7 Å². The molecule has 4 nitrogen and oxygen atoms in total. The summed E-state index contributed by atoms with van der Waals surface area (Å²) in [7, 11) is -4.16. The highest BCUT2D eigenvalue weighted by Gasteiger charge is 2.37. The molecule has 1 aromatic heterocycles. The van der Waals surface area contributed by atoms with E-state index >= 15 is 0 Å². The van der Waals surface area contributed by atoms with Gasteiger partial charge in [-0.05, 0) is 23.4 Å². The largest absolute Gasteiger partial charge is 0.402 e. The third kappa shape index (κ3) is 4.44. The number of hydrogen-bond acceptors (Lipinski definition) is 4. The fraction of sp³-hybridized carbons (Fsp3) is 0.600. The van der Waals surface area contributed by atoms with Crippen molar-refractivity contribution in [3.05, 3.63) is 17.0 Å². The van der Waals surface area contributed by atoms with E-state index in [0.29, 0.717) is 9.87 Å². The molecule has 0 unspecified atom stereocenters. The van der Waals surface area contributed by atoms with E-state index in [0.717, 1.165) is 11.3 Å². The van der Waals surface area contributed by atoms with Gasteiger partial charge >= 0.3 is 6.18 Å². The Hall–Kier alpha value is -0.640. The normalized spacial score (nSPS) is 13.2. The second-order valence-corrected chi connectivity index (χ2v) is 6.96. The lowest BCUT2D eigenvalue weighted by Crippen LogP contribution is -2.39. The summed E-state index contributed by atoms with van der Waals surface area (Å²) in [5, 5.41) is 10.3. The van der Waals surface area contributed by atoms with Crippen molar-refractivity contribution >= 4 is 21.4 Å². The number of sulfonamides is 1. The molecule has 19 heavy (non-hydrogen) atoms. The molecule has 1 N–H and O–H groups in total. The van der Waals surface area contributed by atoms with E-state index in [9.17, 15) is 21.6 Å². The molecule has 1 heterocycles. The Bertz CT molecular complexity index is 510. The van der Waals surface area contributed by atoms with Gasteiger partial charge in [0.15, 0.2) is 0 Å². The van der Waals surface area contributed by atoms with Crippen molar-refractivity contribution in [3.63, 3.8) is 0 Å². The van der Waals surface area contributed by atoms with Gasteiger partial charge in [0.2, 0.25) is 0 Å². The van der Waals surface area contributed by atoms with E-state index in [-0.39, 0.29) is 23.8 Å². The van der Waals surface area contributed by atoms with Crippen LogP contribution in [-0.2, 0) is 16.6 Å². The van der Waals surface area contributed by atoms with Crippen LogP contribution in [0.25, 0.3) is 0 Å². The first-order chi connectivity index (χ1) is 8.70. The topological polar surface area (TPSA) is 57.6 Å². The summed E-state index contributed by atoms with van der Waals surface area (Å²) >= 11 is 0.804. The highest BCUT2D eigenvalue weighted by atomic mass is 32.2. The Labute approximate surface area is 113 Å². The first kappa shape index (κ1) is 16.4. The average molecular weight is 317 g/mol. The Morgan fingerprint density at radius 1 is 1.42 bits per heavy atom. The molecular weight excluding hydrogens is 303 g/mol. The highest BCUT2D eigenvalue weighted by molar-refractivity contribution is 7.91. The van der Waals surface area contributed by atoms with Gasteiger partial charge in [-0.3, -0.25) is 0 Å². The van der Waals surface area contributed by atoms with Crippen LogP contribution in [0.2, 0.25) is 0 Å². The van der Waals surface area contributed by atoms with Crippen molar-refractivity contribution in [2.24, 2.45) is 0 Å². The standard InChI is InChI=1S/C10H14F3NO3S2/c1-2-3-14(7-10(11,12)13)19(16,17)9-4-8(5-15)6-18-9/h4,6,15H,2-3,5,7H2,1H3. The molecule has 0 aliphatic rings. The van der Waals surface area contributed by atoms with E-state index in [4.69, 9.17) is 5.11 Å². The number of hydrogen-bond donors (Lipinski definition) is 1. The zero-order chi connectivity index (χ0) is 14.7. The molecule has 0 saturated carbocycles. The van der Waals surface area contributed by atoms with Crippen LogP contribution in [0.5, 0.6) is 0 Å². The highest BCUT2D eigenvalue weighted by Crippen LogP contribution is 2.27. The fourth-order valence-corrected chi connectivity index (χ4v) is 4.30. The fourth-order valence-electron chi connectivity index (χ4n) is 1.43. The molecule has 0 aliphatic carbocycles. The molecule has 1 rings (SSSR count). The SMILES string of the molecule is CCCN(CC(F)(F)F)S(=O)(=O)c1cc(CO)cs1. The Morgan fingerprint density at radius 3 is 2.47 bits per heavy atom. The lowest BCUT2D eigenvalue weighted by molar-refractivity contribution is -0.136. The third-order valence-corrected chi connectivity index (χ3v) is 5.54. The molecule has 0 radical (unpaired) electrons. The summed E-state index contributed by atoms with van der Waals surface area (Å²) in [6.07, 6.45) is -4.30. The molecule has 0 amide bonds. The molecule has 0 bridgehead atoms. The van der Waals surface area contributed by atoms with E-state index in [1.807, 2.05) is 0 Å². The first-order valence-electron chi connectivity index (χ1n) is 5.46. The van der Waals surface area contributed by atoms with Crippen LogP contribution in [0, 0.1) is 0 Å². The summed E-state index contributed by atoms with van der Waals surface area (Å²) in [6, 6.07) is 1.19. The first-order valence-corrected chi connectivity index (χ1v) is 7.78. The second kappa shape index (κ2) is 6.21. The van der Waals surface area contributed by atoms with Crippen molar-refractivity contribution in [1.29, 1.82) is 0 Å². The minimum absolute atomic E-state index is 0.186. The van der Waals surface area contributed by atoms with Gasteiger partial charge in [0.05, 0.1) is 6.61 Å².